The van der Waals surface area contributed by atoms with Crippen LogP contribution >= 0.6 is 0 Å². The summed E-state index contributed by atoms with van der Waals surface area (Å²) in [7, 11) is 0.743. The summed E-state index contributed by atoms with van der Waals surface area (Å²) in [5, 5.41) is 14.8. The SMILES string of the molecule is CC(C)Oc1c(-c2cn[nH]c2)ncn2nc(N[C@H]3CCN(S(=O)(=O)CCCCN(C)C)C[C@H]3C)nc12. The molecule has 0 aliphatic carbocycles. The summed E-state index contributed by atoms with van der Waals surface area (Å²) in [5.41, 5.74) is 2.00. The molecule has 13 heteroatoms. The van der Waals surface area contributed by atoms with Gasteiger partial charge in [-0.3, -0.25) is 5.10 Å². The molecule has 3 aromatic heterocycles. The van der Waals surface area contributed by atoms with Gasteiger partial charge in [0, 0.05) is 30.9 Å². The molecule has 0 saturated carbocycles. The molecule has 36 heavy (non-hydrogen) atoms. The van der Waals surface area contributed by atoms with Crippen LogP contribution in [-0.4, -0.2) is 99.0 Å². The van der Waals surface area contributed by atoms with Crippen molar-refractivity contribution in [1.82, 2.24) is 39.0 Å². The van der Waals surface area contributed by atoms with E-state index in [0.29, 0.717) is 49.0 Å². The second kappa shape index (κ2) is 11.1. The number of H-pyrrole nitrogens is 1. The molecular formula is C23H37N9O3S. The number of unbranched alkanes of at least 4 members (excludes halogenated alkanes) is 1. The Balaban J connectivity index is 1.45. The third kappa shape index (κ3) is 6.13. The Hall–Kier alpha value is -2.77. The summed E-state index contributed by atoms with van der Waals surface area (Å²) in [5.74, 6) is 1.31. The lowest BCUT2D eigenvalue weighted by molar-refractivity contribution is 0.244. The summed E-state index contributed by atoms with van der Waals surface area (Å²) in [6.45, 7) is 7.82. The number of nitrogens with zero attached hydrogens (tertiary/aromatic N) is 7. The predicted molar refractivity (Wildman–Crippen MR) is 138 cm³/mol. The maximum absolute atomic E-state index is 12.8. The van der Waals surface area contributed by atoms with Crippen LogP contribution in [0, 0.1) is 5.92 Å². The number of aromatic amines is 1. The third-order valence-corrected chi connectivity index (χ3v) is 8.23. The molecule has 0 aromatic carbocycles. The first-order valence-corrected chi connectivity index (χ1v) is 14.0. The summed E-state index contributed by atoms with van der Waals surface area (Å²) >= 11 is 0. The molecule has 1 aliphatic rings. The van der Waals surface area contributed by atoms with Gasteiger partial charge in [0.2, 0.25) is 21.6 Å². The number of hydrogen-bond donors (Lipinski definition) is 2. The number of hydrogen-bond acceptors (Lipinski definition) is 9. The largest absolute Gasteiger partial charge is 0.485 e. The molecule has 0 unspecified atom stereocenters. The molecule has 4 heterocycles. The van der Waals surface area contributed by atoms with Crippen LogP contribution in [0.15, 0.2) is 18.7 Å². The Morgan fingerprint density at radius 2 is 2.11 bits per heavy atom. The number of ether oxygens (including phenoxy) is 1. The number of piperidine rings is 1. The van der Waals surface area contributed by atoms with Crippen molar-refractivity contribution in [3.63, 3.8) is 0 Å². The van der Waals surface area contributed by atoms with Crippen LogP contribution in [0.4, 0.5) is 5.95 Å². The Labute approximate surface area is 212 Å². The van der Waals surface area contributed by atoms with E-state index in [2.05, 4.69) is 37.4 Å². The zero-order valence-electron chi connectivity index (χ0n) is 21.7. The number of fused-ring (bicyclic) bond motifs is 1. The molecular weight excluding hydrogens is 482 g/mol. The zero-order valence-corrected chi connectivity index (χ0v) is 22.5. The Bertz CT molecular complexity index is 1240. The minimum atomic E-state index is -3.26. The van der Waals surface area contributed by atoms with Gasteiger partial charge in [-0.25, -0.2) is 17.7 Å². The van der Waals surface area contributed by atoms with Gasteiger partial charge in [0.25, 0.3) is 0 Å². The van der Waals surface area contributed by atoms with E-state index >= 15 is 0 Å². The van der Waals surface area contributed by atoms with Crippen molar-refractivity contribution in [3.05, 3.63) is 18.7 Å². The van der Waals surface area contributed by atoms with Crippen molar-refractivity contribution in [2.24, 2.45) is 5.92 Å². The highest BCUT2D eigenvalue weighted by Crippen LogP contribution is 2.32. The highest BCUT2D eigenvalue weighted by Gasteiger charge is 2.33. The molecule has 4 rings (SSSR count). The van der Waals surface area contributed by atoms with Crippen molar-refractivity contribution >= 4 is 21.6 Å². The molecule has 1 fully saturated rings. The van der Waals surface area contributed by atoms with E-state index in [9.17, 15) is 8.42 Å². The number of sulfonamides is 1. The van der Waals surface area contributed by atoms with Crippen LogP contribution < -0.4 is 10.1 Å². The van der Waals surface area contributed by atoms with Crippen molar-refractivity contribution < 1.29 is 13.2 Å². The van der Waals surface area contributed by atoms with Gasteiger partial charge in [-0.2, -0.15) is 14.6 Å². The van der Waals surface area contributed by atoms with Crippen LogP contribution in [0.3, 0.4) is 0 Å². The Kier molecular flexibility index (Phi) is 8.10. The van der Waals surface area contributed by atoms with Gasteiger partial charge in [0.05, 0.1) is 18.1 Å². The molecule has 1 aliphatic heterocycles. The highest BCUT2D eigenvalue weighted by atomic mass is 32.2. The lowest BCUT2D eigenvalue weighted by Crippen LogP contribution is -2.48. The molecule has 198 valence electrons. The summed E-state index contributed by atoms with van der Waals surface area (Å²) < 4.78 is 35.0. The van der Waals surface area contributed by atoms with E-state index in [4.69, 9.17) is 9.72 Å². The second-order valence-corrected chi connectivity index (χ2v) is 12.1. The second-order valence-electron chi connectivity index (χ2n) is 9.98. The van der Waals surface area contributed by atoms with E-state index in [0.717, 1.165) is 18.5 Å². The quantitative estimate of drug-likeness (QED) is 0.365. The van der Waals surface area contributed by atoms with E-state index in [-0.39, 0.29) is 23.8 Å². The Morgan fingerprint density at radius 3 is 2.78 bits per heavy atom. The molecule has 3 aromatic rings. The van der Waals surface area contributed by atoms with Crippen molar-refractivity contribution in [1.29, 1.82) is 0 Å². The standard InChI is InChI=1S/C23H37N9O3S/c1-16(2)35-21-20(18-12-25-26-13-18)24-15-32-22(21)28-23(29-32)27-19-8-10-31(14-17(19)3)36(33,34)11-7-6-9-30(4)5/h12-13,15-17,19H,6-11,14H2,1-5H3,(H,25,26)(H,27,29)/t17-,19+/m1/s1. The van der Waals surface area contributed by atoms with Gasteiger partial charge in [-0.1, -0.05) is 6.92 Å². The van der Waals surface area contributed by atoms with E-state index in [1.54, 1.807) is 27.5 Å². The molecule has 1 saturated heterocycles. The summed E-state index contributed by atoms with van der Waals surface area (Å²) in [6, 6.07) is 0.0540. The van der Waals surface area contributed by atoms with Crippen LogP contribution in [0.2, 0.25) is 0 Å². The normalized spacial score (nSPS) is 19.4. The fourth-order valence-electron chi connectivity index (χ4n) is 4.41. The lowest BCUT2D eigenvalue weighted by Gasteiger charge is -2.36. The predicted octanol–water partition coefficient (Wildman–Crippen LogP) is 2.10. The monoisotopic (exact) mass is 519 g/mol. The fraction of sp³-hybridized carbons (Fsp3) is 0.652. The van der Waals surface area contributed by atoms with Gasteiger partial charge in [-0.15, -0.1) is 5.10 Å². The molecule has 12 nitrogen and oxygen atoms in total. The first-order chi connectivity index (χ1) is 17.1. The van der Waals surface area contributed by atoms with E-state index in [1.165, 1.54) is 0 Å². The van der Waals surface area contributed by atoms with Crippen LogP contribution in [-0.2, 0) is 10.0 Å². The Morgan fingerprint density at radius 1 is 1.31 bits per heavy atom. The zero-order chi connectivity index (χ0) is 25.9. The molecule has 0 spiro atoms. The smallest absolute Gasteiger partial charge is 0.243 e. The molecule has 2 N–H and O–H groups in total. The maximum atomic E-state index is 12.8. The van der Waals surface area contributed by atoms with Crippen LogP contribution in [0.1, 0.15) is 40.0 Å². The average Bonchev–Trinajstić information content (AvgIpc) is 3.48. The average molecular weight is 520 g/mol. The van der Waals surface area contributed by atoms with Crippen LogP contribution in [0.5, 0.6) is 5.75 Å². The third-order valence-electron chi connectivity index (χ3n) is 6.30. The van der Waals surface area contributed by atoms with Crippen LogP contribution in [0.25, 0.3) is 16.9 Å². The molecule has 0 bridgehead atoms. The van der Waals surface area contributed by atoms with Crippen molar-refractivity contribution in [3.8, 4) is 17.0 Å². The van der Waals surface area contributed by atoms with Gasteiger partial charge < -0.3 is 15.0 Å². The topological polar surface area (TPSA) is 134 Å². The first kappa shape index (κ1) is 26.3. The molecule has 0 amide bonds. The summed E-state index contributed by atoms with van der Waals surface area (Å²) in [6.07, 6.45) is 7.21. The van der Waals surface area contributed by atoms with Crippen molar-refractivity contribution in [2.75, 3.05) is 44.8 Å². The van der Waals surface area contributed by atoms with Gasteiger partial charge in [0.1, 0.15) is 12.0 Å². The first-order valence-electron chi connectivity index (χ1n) is 12.4. The number of anilines is 1. The van der Waals surface area contributed by atoms with Gasteiger partial charge >= 0.3 is 0 Å². The minimum absolute atomic E-state index is 0.0540. The highest BCUT2D eigenvalue weighted by molar-refractivity contribution is 7.89. The van der Waals surface area contributed by atoms with Gasteiger partial charge in [0.15, 0.2) is 5.75 Å². The number of rotatable bonds is 11. The van der Waals surface area contributed by atoms with Crippen molar-refractivity contribution in [2.45, 2.75) is 52.2 Å². The fourth-order valence-corrected chi connectivity index (χ4v) is 6.08. The molecule has 2 atom stereocenters. The minimum Gasteiger partial charge on any atom is -0.485 e. The number of aromatic nitrogens is 6. The molecule has 0 radical (unpaired) electrons. The lowest BCUT2D eigenvalue weighted by atomic mass is 9.95. The van der Waals surface area contributed by atoms with E-state index in [1.807, 2.05) is 27.9 Å². The maximum Gasteiger partial charge on any atom is 0.243 e. The number of nitrogens with one attached hydrogen (secondary N) is 2. The summed E-state index contributed by atoms with van der Waals surface area (Å²) in [4.78, 5) is 11.3. The van der Waals surface area contributed by atoms with Gasteiger partial charge in [-0.05, 0) is 59.7 Å². The van der Waals surface area contributed by atoms with E-state index < -0.39 is 10.0 Å².